The molecule has 0 aliphatic carbocycles. The van der Waals surface area contributed by atoms with Crippen molar-refractivity contribution in [1.82, 2.24) is 5.32 Å². The zero-order chi connectivity index (χ0) is 13.4. The predicted molar refractivity (Wildman–Crippen MR) is 81.7 cm³/mol. The van der Waals surface area contributed by atoms with Crippen LogP contribution in [0.2, 0.25) is 10.0 Å². The number of benzene rings is 1. The molecule has 100 valence electrons. The van der Waals surface area contributed by atoms with E-state index in [9.17, 15) is 0 Å². The van der Waals surface area contributed by atoms with Crippen LogP contribution in [0.5, 0.6) is 0 Å². The molecule has 0 radical (unpaired) electrons. The molecule has 0 aliphatic rings. The first-order valence-electron chi connectivity index (χ1n) is 6.45. The number of halogens is 2. The minimum Gasteiger partial charge on any atom is -0.314 e. The summed E-state index contributed by atoms with van der Waals surface area (Å²) in [7, 11) is 0. The Labute approximate surface area is 120 Å². The SMILES string of the molecule is C=CCCCC(Cc1ccc(Cl)cc1Cl)NCC. The lowest BCUT2D eigenvalue weighted by Crippen LogP contribution is -2.31. The van der Waals surface area contributed by atoms with Crippen molar-refractivity contribution in [3.05, 3.63) is 46.5 Å². The van der Waals surface area contributed by atoms with Crippen LogP contribution in [-0.4, -0.2) is 12.6 Å². The highest BCUT2D eigenvalue weighted by Gasteiger charge is 2.10. The van der Waals surface area contributed by atoms with E-state index in [0.717, 1.165) is 42.8 Å². The van der Waals surface area contributed by atoms with Crippen LogP contribution in [0, 0.1) is 0 Å². The third kappa shape index (κ3) is 5.43. The lowest BCUT2D eigenvalue weighted by molar-refractivity contribution is 0.478. The number of nitrogens with one attached hydrogen (secondary N) is 1. The topological polar surface area (TPSA) is 12.0 Å². The van der Waals surface area contributed by atoms with Crippen molar-refractivity contribution in [3.63, 3.8) is 0 Å². The molecule has 1 unspecified atom stereocenters. The van der Waals surface area contributed by atoms with Gasteiger partial charge in [0, 0.05) is 16.1 Å². The first kappa shape index (κ1) is 15.6. The summed E-state index contributed by atoms with van der Waals surface area (Å²) >= 11 is 12.1. The molecule has 18 heavy (non-hydrogen) atoms. The van der Waals surface area contributed by atoms with E-state index in [-0.39, 0.29) is 0 Å². The summed E-state index contributed by atoms with van der Waals surface area (Å²) in [5.41, 5.74) is 1.16. The van der Waals surface area contributed by atoms with Gasteiger partial charge in [-0.2, -0.15) is 0 Å². The molecule has 0 bridgehead atoms. The maximum Gasteiger partial charge on any atom is 0.0453 e. The first-order chi connectivity index (χ1) is 8.67. The Morgan fingerprint density at radius 3 is 2.78 bits per heavy atom. The highest BCUT2D eigenvalue weighted by molar-refractivity contribution is 6.35. The minimum atomic E-state index is 0.466. The van der Waals surface area contributed by atoms with Crippen molar-refractivity contribution in [3.8, 4) is 0 Å². The number of allylic oxidation sites excluding steroid dienone is 1. The van der Waals surface area contributed by atoms with E-state index in [4.69, 9.17) is 23.2 Å². The molecule has 1 nitrogen and oxygen atoms in total. The molecule has 3 heteroatoms. The molecule has 0 saturated carbocycles. The second kappa shape index (κ2) is 8.58. The normalized spacial score (nSPS) is 12.4. The average Bonchev–Trinajstić information content (AvgIpc) is 2.33. The maximum absolute atomic E-state index is 6.21. The molecule has 0 spiro atoms. The van der Waals surface area contributed by atoms with Crippen molar-refractivity contribution < 1.29 is 0 Å². The van der Waals surface area contributed by atoms with Crippen LogP contribution in [0.15, 0.2) is 30.9 Å². The van der Waals surface area contributed by atoms with Gasteiger partial charge in [-0.1, -0.05) is 42.3 Å². The number of likely N-dealkylation sites (N-methyl/N-ethyl adjacent to an activating group) is 1. The van der Waals surface area contributed by atoms with E-state index >= 15 is 0 Å². The van der Waals surface area contributed by atoms with E-state index in [2.05, 4.69) is 18.8 Å². The monoisotopic (exact) mass is 285 g/mol. The van der Waals surface area contributed by atoms with Gasteiger partial charge in [-0.25, -0.2) is 0 Å². The van der Waals surface area contributed by atoms with Crippen LogP contribution in [0.4, 0.5) is 0 Å². The number of unbranched alkanes of at least 4 members (excludes halogenated alkanes) is 1. The molecular formula is C15H21Cl2N. The smallest absolute Gasteiger partial charge is 0.0453 e. The van der Waals surface area contributed by atoms with Crippen LogP contribution in [0.1, 0.15) is 31.7 Å². The molecule has 1 atom stereocenters. The molecule has 1 N–H and O–H groups in total. The molecule has 1 aromatic carbocycles. The third-order valence-electron chi connectivity index (χ3n) is 2.94. The fraction of sp³-hybridized carbons (Fsp3) is 0.467. The van der Waals surface area contributed by atoms with Gasteiger partial charge in [0.25, 0.3) is 0 Å². The standard InChI is InChI=1S/C15H21Cl2N/c1-3-5-6-7-14(18-4-2)10-12-8-9-13(16)11-15(12)17/h3,8-9,11,14,18H,1,4-7,10H2,2H3. The van der Waals surface area contributed by atoms with Crippen molar-refractivity contribution in [1.29, 1.82) is 0 Å². The van der Waals surface area contributed by atoms with Gasteiger partial charge in [0.2, 0.25) is 0 Å². The van der Waals surface area contributed by atoms with Crippen molar-refractivity contribution in [2.24, 2.45) is 0 Å². The lowest BCUT2D eigenvalue weighted by Gasteiger charge is -2.18. The van der Waals surface area contributed by atoms with Crippen molar-refractivity contribution >= 4 is 23.2 Å². The quantitative estimate of drug-likeness (QED) is 0.531. The van der Waals surface area contributed by atoms with E-state index in [1.54, 1.807) is 0 Å². The molecule has 1 rings (SSSR count). The summed E-state index contributed by atoms with van der Waals surface area (Å²) in [6, 6.07) is 6.19. The summed E-state index contributed by atoms with van der Waals surface area (Å²) in [5.74, 6) is 0. The summed E-state index contributed by atoms with van der Waals surface area (Å²) in [5, 5.41) is 4.95. The zero-order valence-corrected chi connectivity index (χ0v) is 12.4. The third-order valence-corrected chi connectivity index (χ3v) is 3.52. The van der Waals surface area contributed by atoms with Crippen LogP contribution in [0.25, 0.3) is 0 Å². The summed E-state index contributed by atoms with van der Waals surface area (Å²) in [6.45, 7) is 6.86. The molecule has 0 amide bonds. The van der Waals surface area contributed by atoms with Gasteiger partial charge in [-0.15, -0.1) is 6.58 Å². The van der Waals surface area contributed by atoms with Gasteiger partial charge in [0.1, 0.15) is 0 Å². The molecule has 0 saturated heterocycles. The van der Waals surface area contributed by atoms with E-state index < -0.39 is 0 Å². The number of hydrogen-bond acceptors (Lipinski definition) is 1. The molecule has 0 aliphatic heterocycles. The Bertz CT molecular complexity index is 377. The number of rotatable bonds is 8. The predicted octanol–water partition coefficient (Wildman–Crippen LogP) is 4.87. The second-order valence-electron chi connectivity index (χ2n) is 4.41. The van der Waals surface area contributed by atoms with Crippen molar-refractivity contribution in [2.45, 2.75) is 38.6 Å². The van der Waals surface area contributed by atoms with Crippen LogP contribution in [0.3, 0.4) is 0 Å². The molecule has 1 aromatic rings. The van der Waals surface area contributed by atoms with Gasteiger partial charge in [0.05, 0.1) is 0 Å². The Morgan fingerprint density at radius 2 is 2.17 bits per heavy atom. The molecule has 0 aromatic heterocycles. The first-order valence-corrected chi connectivity index (χ1v) is 7.21. The average molecular weight is 286 g/mol. The largest absolute Gasteiger partial charge is 0.314 e. The fourth-order valence-electron chi connectivity index (χ4n) is 2.03. The summed E-state index contributed by atoms with van der Waals surface area (Å²) < 4.78 is 0. The minimum absolute atomic E-state index is 0.466. The van der Waals surface area contributed by atoms with Crippen LogP contribution >= 0.6 is 23.2 Å². The van der Waals surface area contributed by atoms with Gasteiger partial charge in [0.15, 0.2) is 0 Å². The zero-order valence-electron chi connectivity index (χ0n) is 10.9. The van der Waals surface area contributed by atoms with Gasteiger partial charge in [-0.3, -0.25) is 0 Å². The Morgan fingerprint density at radius 1 is 1.39 bits per heavy atom. The highest BCUT2D eigenvalue weighted by Crippen LogP contribution is 2.23. The Hall–Kier alpha value is -0.500. The summed E-state index contributed by atoms with van der Waals surface area (Å²) in [6.07, 6.45) is 6.28. The molecule has 0 heterocycles. The highest BCUT2D eigenvalue weighted by atomic mass is 35.5. The van der Waals surface area contributed by atoms with E-state index in [0.29, 0.717) is 11.1 Å². The van der Waals surface area contributed by atoms with E-state index in [1.807, 2.05) is 24.3 Å². The van der Waals surface area contributed by atoms with Gasteiger partial charge >= 0.3 is 0 Å². The van der Waals surface area contributed by atoms with Gasteiger partial charge in [-0.05, 0) is 49.9 Å². The van der Waals surface area contributed by atoms with Crippen LogP contribution in [-0.2, 0) is 6.42 Å². The fourth-order valence-corrected chi connectivity index (χ4v) is 2.51. The maximum atomic E-state index is 6.21. The Balaban J connectivity index is 2.60. The molecule has 0 fully saturated rings. The van der Waals surface area contributed by atoms with Crippen LogP contribution < -0.4 is 5.32 Å². The number of hydrogen-bond donors (Lipinski definition) is 1. The van der Waals surface area contributed by atoms with Crippen molar-refractivity contribution in [2.75, 3.05) is 6.54 Å². The molecular weight excluding hydrogens is 265 g/mol. The Kier molecular flexibility index (Phi) is 7.41. The summed E-state index contributed by atoms with van der Waals surface area (Å²) in [4.78, 5) is 0. The lowest BCUT2D eigenvalue weighted by atomic mass is 10.0. The van der Waals surface area contributed by atoms with E-state index in [1.165, 1.54) is 0 Å². The van der Waals surface area contributed by atoms with Gasteiger partial charge < -0.3 is 5.32 Å². The second-order valence-corrected chi connectivity index (χ2v) is 5.26.